The molecule has 0 aliphatic heterocycles. The molecule has 2 aromatic rings. The zero-order chi connectivity index (χ0) is 13.3. The number of thiophene rings is 1. The van der Waals surface area contributed by atoms with Gasteiger partial charge in [0.15, 0.2) is 5.78 Å². The molecule has 1 aromatic carbocycles. The molecule has 1 aromatic heterocycles. The van der Waals surface area contributed by atoms with E-state index in [1.54, 1.807) is 31.4 Å². The van der Waals surface area contributed by atoms with Gasteiger partial charge in [-0.15, -0.1) is 11.3 Å². The van der Waals surface area contributed by atoms with Crippen LogP contribution in [0.4, 0.5) is 0 Å². The molecular weight excluding hydrogens is 359 g/mol. The van der Waals surface area contributed by atoms with Crippen molar-refractivity contribution in [3.63, 3.8) is 0 Å². The summed E-state index contributed by atoms with van der Waals surface area (Å²) in [4.78, 5) is 12.2. The fourth-order valence-corrected chi connectivity index (χ4v) is 3.46. The molecule has 0 N–H and O–H groups in total. The minimum atomic E-state index is -0.161. The van der Waals surface area contributed by atoms with Crippen LogP contribution in [0.2, 0.25) is 8.67 Å². The maximum absolute atomic E-state index is 12.2. The summed E-state index contributed by atoms with van der Waals surface area (Å²) >= 11 is 16.3. The molecule has 0 radical (unpaired) electrons. The molecule has 0 amide bonds. The molecule has 2 rings (SSSR count). The van der Waals surface area contributed by atoms with Gasteiger partial charge in [-0.3, -0.25) is 4.79 Å². The van der Waals surface area contributed by atoms with Crippen molar-refractivity contribution in [2.24, 2.45) is 0 Å². The second kappa shape index (κ2) is 5.61. The second-order valence-corrected chi connectivity index (χ2v) is 6.56. The van der Waals surface area contributed by atoms with Gasteiger partial charge < -0.3 is 4.74 Å². The minimum absolute atomic E-state index is 0.161. The number of hydrogen-bond acceptors (Lipinski definition) is 3. The first-order chi connectivity index (χ1) is 8.52. The lowest BCUT2D eigenvalue weighted by atomic mass is 10.1. The van der Waals surface area contributed by atoms with E-state index in [0.717, 1.165) is 0 Å². The minimum Gasteiger partial charge on any atom is -0.496 e. The van der Waals surface area contributed by atoms with Gasteiger partial charge in [0.25, 0.3) is 0 Å². The number of rotatable bonds is 3. The highest BCUT2D eigenvalue weighted by molar-refractivity contribution is 9.10. The summed E-state index contributed by atoms with van der Waals surface area (Å²) in [7, 11) is 1.57. The molecule has 0 aliphatic carbocycles. The molecule has 6 heteroatoms. The molecule has 0 aliphatic rings. The van der Waals surface area contributed by atoms with Crippen LogP contribution in [0.1, 0.15) is 15.9 Å². The maximum Gasteiger partial charge on any atom is 0.195 e. The molecule has 0 bridgehead atoms. The predicted octanol–water partition coefficient (Wildman–Crippen LogP) is 5.06. The number of methoxy groups -OCH3 is 1. The molecule has 18 heavy (non-hydrogen) atoms. The first-order valence-electron chi connectivity index (χ1n) is 4.86. The Labute approximate surface area is 127 Å². The van der Waals surface area contributed by atoms with Crippen LogP contribution in [0.3, 0.4) is 0 Å². The molecule has 2 nitrogen and oxygen atoms in total. The summed E-state index contributed by atoms with van der Waals surface area (Å²) in [5.41, 5.74) is 0.947. The first kappa shape index (κ1) is 13.9. The number of ketones is 1. The Bertz CT molecular complexity index is 610. The molecule has 0 atom stereocenters. The van der Waals surface area contributed by atoms with Gasteiger partial charge in [-0.1, -0.05) is 23.2 Å². The number of carbonyl (C=O) groups excluding carboxylic acids is 1. The number of carbonyl (C=O) groups is 1. The summed E-state index contributed by atoms with van der Waals surface area (Å²) in [5, 5.41) is 0. The van der Waals surface area contributed by atoms with Crippen LogP contribution >= 0.6 is 50.5 Å². The van der Waals surface area contributed by atoms with Crippen molar-refractivity contribution in [1.82, 2.24) is 0 Å². The number of hydrogen-bond donors (Lipinski definition) is 0. The van der Waals surface area contributed by atoms with Crippen LogP contribution in [-0.2, 0) is 0 Å². The third kappa shape index (κ3) is 2.72. The molecule has 1 heterocycles. The van der Waals surface area contributed by atoms with Gasteiger partial charge in [0.05, 0.1) is 21.5 Å². The van der Waals surface area contributed by atoms with E-state index in [4.69, 9.17) is 27.9 Å². The van der Waals surface area contributed by atoms with Crippen molar-refractivity contribution in [3.05, 3.63) is 48.5 Å². The van der Waals surface area contributed by atoms with E-state index in [9.17, 15) is 4.79 Å². The third-order valence-corrected chi connectivity index (χ3v) is 4.42. The summed E-state index contributed by atoms with van der Waals surface area (Å²) < 4.78 is 6.72. The standard InChI is InChI=1S/C12H7BrCl2O2S/c1-17-9-3-2-6(4-8(9)13)11(16)7-5-10(14)18-12(7)15/h2-5H,1H3. The molecular formula is C12H7BrCl2O2S. The summed E-state index contributed by atoms with van der Waals surface area (Å²) in [6, 6.07) is 6.69. The van der Waals surface area contributed by atoms with E-state index >= 15 is 0 Å². The fraction of sp³-hybridized carbons (Fsp3) is 0.0833. The zero-order valence-corrected chi connectivity index (χ0v) is 13.1. The van der Waals surface area contributed by atoms with Gasteiger partial charge in [-0.2, -0.15) is 0 Å². The average Bonchev–Trinajstić information content (AvgIpc) is 2.67. The molecule has 0 saturated carbocycles. The first-order valence-corrected chi connectivity index (χ1v) is 7.22. The highest BCUT2D eigenvalue weighted by Crippen LogP contribution is 2.33. The van der Waals surface area contributed by atoms with E-state index < -0.39 is 0 Å². The lowest BCUT2D eigenvalue weighted by molar-refractivity contribution is 0.103. The second-order valence-electron chi connectivity index (χ2n) is 3.42. The van der Waals surface area contributed by atoms with E-state index in [1.165, 1.54) is 11.3 Å². The van der Waals surface area contributed by atoms with Gasteiger partial charge in [-0.25, -0.2) is 0 Å². The number of benzene rings is 1. The number of halogens is 3. The van der Waals surface area contributed by atoms with Crippen molar-refractivity contribution in [3.8, 4) is 5.75 Å². The van der Waals surface area contributed by atoms with E-state index in [0.29, 0.717) is 30.0 Å². The SMILES string of the molecule is COc1ccc(C(=O)c2cc(Cl)sc2Cl)cc1Br. The Kier molecular flexibility index (Phi) is 4.33. The molecule has 0 unspecified atom stereocenters. The average molecular weight is 366 g/mol. The number of ether oxygens (including phenoxy) is 1. The summed E-state index contributed by atoms with van der Waals surface area (Å²) in [6.45, 7) is 0. The van der Waals surface area contributed by atoms with Gasteiger partial charge in [0, 0.05) is 5.56 Å². The van der Waals surface area contributed by atoms with Crippen molar-refractivity contribution in [2.45, 2.75) is 0 Å². The zero-order valence-electron chi connectivity index (χ0n) is 9.17. The Morgan fingerprint density at radius 3 is 2.56 bits per heavy atom. The Balaban J connectivity index is 2.40. The largest absolute Gasteiger partial charge is 0.496 e. The maximum atomic E-state index is 12.2. The summed E-state index contributed by atoms with van der Waals surface area (Å²) in [5.74, 6) is 0.507. The quantitative estimate of drug-likeness (QED) is 0.711. The Morgan fingerprint density at radius 2 is 2.06 bits per heavy atom. The van der Waals surface area contributed by atoms with Crippen LogP contribution in [-0.4, -0.2) is 12.9 Å². The van der Waals surface area contributed by atoms with Crippen molar-refractivity contribution >= 4 is 56.3 Å². The van der Waals surface area contributed by atoms with Crippen LogP contribution in [0.5, 0.6) is 5.75 Å². The predicted molar refractivity (Wildman–Crippen MR) is 78.5 cm³/mol. The van der Waals surface area contributed by atoms with Gasteiger partial charge in [0.2, 0.25) is 0 Å². The monoisotopic (exact) mass is 364 g/mol. The molecule has 0 spiro atoms. The Hall–Kier alpha value is -0.550. The van der Waals surface area contributed by atoms with E-state index in [-0.39, 0.29) is 5.78 Å². The normalized spacial score (nSPS) is 10.4. The van der Waals surface area contributed by atoms with Crippen molar-refractivity contribution in [1.29, 1.82) is 0 Å². The van der Waals surface area contributed by atoms with Gasteiger partial charge in [-0.05, 0) is 40.2 Å². The highest BCUT2D eigenvalue weighted by atomic mass is 79.9. The summed E-state index contributed by atoms with van der Waals surface area (Å²) in [6.07, 6.45) is 0. The van der Waals surface area contributed by atoms with E-state index in [2.05, 4.69) is 15.9 Å². The smallest absolute Gasteiger partial charge is 0.195 e. The van der Waals surface area contributed by atoms with Crippen LogP contribution in [0, 0.1) is 0 Å². The van der Waals surface area contributed by atoms with Gasteiger partial charge >= 0.3 is 0 Å². The molecule has 0 saturated heterocycles. The Morgan fingerprint density at radius 1 is 1.33 bits per heavy atom. The lowest BCUT2D eigenvalue weighted by Crippen LogP contribution is -2.00. The van der Waals surface area contributed by atoms with Crippen LogP contribution in [0.15, 0.2) is 28.7 Å². The highest BCUT2D eigenvalue weighted by Gasteiger charge is 2.17. The topological polar surface area (TPSA) is 26.3 Å². The van der Waals surface area contributed by atoms with Crippen molar-refractivity contribution < 1.29 is 9.53 Å². The fourth-order valence-electron chi connectivity index (χ4n) is 1.46. The van der Waals surface area contributed by atoms with Crippen LogP contribution < -0.4 is 4.74 Å². The third-order valence-electron chi connectivity index (χ3n) is 2.32. The lowest BCUT2D eigenvalue weighted by Gasteiger charge is -2.05. The van der Waals surface area contributed by atoms with Gasteiger partial charge in [0.1, 0.15) is 10.1 Å². The van der Waals surface area contributed by atoms with E-state index in [1.807, 2.05) is 0 Å². The van der Waals surface area contributed by atoms with Crippen molar-refractivity contribution in [2.75, 3.05) is 7.11 Å². The molecule has 94 valence electrons. The van der Waals surface area contributed by atoms with Crippen LogP contribution in [0.25, 0.3) is 0 Å². The molecule has 0 fully saturated rings.